The van der Waals surface area contributed by atoms with Gasteiger partial charge in [-0.25, -0.2) is 18.0 Å². The lowest BCUT2D eigenvalue weighted by Gasteiger charge is -2.30. The van der Waals surface area contributed by atoms with Crippen LogP contribution in [0.5, 0.6) is 0 Å². The normalized spacial score (nSPS) is 18.4. The maximum Gasteiger partial charge on any atom is 0.338 e. The van der Waals surface area contributed by atoms with Gasteiger partial charge in [-0.15, -0.1) is 0 Å². The molecule has 2 saturated heterocycles. The molecule has 2 fully saturated rings. The maximum atomic E-state index is 13.2. The highest BCUT2D eigenvalue weighted by Crippen LogP contribution is 2.28. The van der Waals surface area contributed by atoms with E-state index in [4.69, 9.17) is 4.74 Å². The number of urea groups is 1. The number of amides is 3. The van der Waals surface area contributed by atoms with Gasteiger partial charge in [-0.2, -0.15) is 4.31 Å². The Morgan fingerprint density at radius 3 is 2.43 bits per heavy atom. The van der Waals surface area contributed by atoms with E-state index in [1.807, 2.05) is 0 Å². The summed E-state index contributed by atoms with van der Waals surface area (Å²) in [7, 11) is -3.75. The van der Waals surface area contributed by atoms with Gasteiger partial charge in [-0.05, 0) is 55.9 Å². The van der Waals surface area contributed by atoms with Gasteiger partial charge < -0.3 is 10.1 Å². The van der Waals surface area contributed by atoms with Crippen molar-refractivity contribution in [1.82, 2.24) is 14.5 Å². The second-order valence-corrected chi connectivity index (χ2v) is 9.76. The van der Waals surface area contributed by atoms with Crippen LogP contribution in [-0.2, 0) is 19.6 Å². The summed E-state index contributed by atoms with van der Waals surface area (Å²) in [5, 5.41) is 2.50. The number of hydrogen-bond acceptors (Lipinski definition) is 6. The lowest BCUT2D eigenvalue weighted by Crippen LogP contribution is -2.38. The minimum absolute atomic E-state index is 0.0562. The molecule has 2 heterocycles. The fraction of sp³-hybridized carbons (Fsp3) is 0.550. The first-order valence-electron chi connectivity index (χ1n) is 9.98. The molecule has 0 aliphatic carbocycles. The number of aryl methyl sites for hydroxylation is 1. The fourth-order valence-electron chi connectivity index (χ4n) is 3.58. The van der Waals surface area contributed by atoms with Crippen LogP contribution < -0.4 is 5.32 Å². The first-order valence-corrected chi connectivity index (χ1v) is 11.4. The van der Waals surface area contributed by atoms with Gasteiger partial charge in [0.25, 0.3) is 5.91 Å². The molecule has 164 valence electrons. The molecular weight excluding hydrogens is 410 g/mol. The minimum atomic E-state index is -3.75. The molecular formula is C20H27N3O6S. The Kier molecular flexibility index (Phi) is 6.47. The minimum Gasteiger partial charge on any atom is -0.452 e. The molecule has 0 aromatic heterocycles. The number of carbonyl (C=O) groups is 3. The first kappa shape index (κ1) is 22.2. The summed E-state index contributed by atoms with van der Waals surface area (Å²) in [4.78, 5) is 37.1. The van der Waals surface area contributed by atoms with Gasteiger partial charge in [0.05, 0.1) is 10.5 Å². The number of imide groups is 1. The maximum absolute atomic E-state index is 13.2. The summed E-state index contributed by atoms with van der Waals surface area (Å²) < 4.78 is 32.9. The van der Waals surface area contributed by atoms with Gasteiger partial charge in [0, 0.05) is 26.2 Å². The molecule has 1 aromatic rings. The van der Waals surface area contributed by atoms with E-state index >= 15 is 0 Å². The van der Waals surface area contributed by atoms with Crippen LogP contribution in [0.3, 0.4) is 0 Å². The smallest absolute Gasteiger partial charge is 0.338 e. The summed E-state index contributed by atoms with van der Waals surface area (Å²) in [5.41, 5.74) is 1.27. The number of ether oxygens (including phenoxy) is 1. The zero-order chi connectivity index (χ0) is 22.1. The van der Waals surface area contributed by atoms with Crippen molar-refractivity contribution in [1.29, 1.82) is 0 Å². The number of benzene rings is 1. The SMILES string of the molecule is Cc1cc(C(=O)OCC(=O)N2CCNC2=O)cc(S(=O)(=O)N2CCC(C)CC2)c1C. The number of hydrogen-bond donors (Lipinski definition) is 1. The van der Waals surface area contributed by atoms with Crippen molar-refractivity contribution in [2.75, 3.05) is 32.8 Å². The number of nitrogens with zero attached hydrogens (tertiary/aromatic N) is 2. The molecule has 3 amide bonds. The molecule has 1 aromatic carbocycles. The summed E-state index contributed by atoms with van der Waals surface area (Å²) in [6, 6.07) is 2.33. The lowest BCUT2D eigenvalue weighted by atomic mass is 10.0. The van der Waals surface area contributed by atoms with Crippen LogP contribution in [0.4, 0.5) is 4.79 Å². The van der Waals surface area contributed by atoms with Gasteiger partial charge in [0.2, 0.25) is 10.0 Å². The standard InChI is InChI=1S/C20H27N3O6S/c1-13-4-7-22(8-5-13)30(27,28)17-11-16(10-14(2)15(17)3)19(25)29-12-18(24)23-9-6-21-20(23)26/h10-11,13H,4-9,12H2,1-3H3,(H,21,26). The molecule has 0 saturated carbocycles. The van der Waals surface area contributed by atoms with Gasteiger partial charge in [0.1, 0.15) is 0 Å². The quantitative estimate of drug-likeness (QED) is 0.698. The van der Waals surface area contributed by atoms with E-state index in [2.05, 4.69) is 12.2 Å². The highest BCUT2D eigenvalue weighted by atomic mass is 32.2. The second-order valence-electron chi connectivity index (χ2n) is 7.86. The van der Waals surface area contributed by atoms with Crippen LogP contribution in [0, 0.1) is 19.8 Å². The molecule has 2 aliphatic heterocycles. The van der Waals surface area contributed by atoms with E-state index in [1.54, 1.807) is 19.9 Å². The van der Waals surface area contributed by atoms with Crippen LogP contribution in [0.1, 0.15) is 41.3 Å². The molecule has 0 radical (unpaired) electrons. The number of nitrogens with one attached hydrogen (secondary N) is 1. The van der Waals surface area contributed by atoms with Crippen LogP contribution in [0.15, 0.2) is 17.0 Å². The highest BCUT2D eigenvalue weighted by Gasteiger charge is 2.31. The molecule has 2 aliphatic rings. The Balaban J connectivity index is 1.78. The monoisotopic (exact) mass is 437 g/mol. The molecule has 30 heavy (non-hydrogen) atoms. The molecule has 10 heteroatoms. The third-order valence-corrected chi connectivity index (χ3v) is 7.73. The van der Waals surface area contributed by atoms with E-state index in [0.29, 0.717) is 36.7 Å². The van der Waals surface area contributed by atoms with Crippen molar-refractivity contribution in [3.05, 3.63) is 28.8 Å². The molecule has 0 unspecified atom stereocenters. The van der Waals surface area contributed by atoms with Crippen LogP contribution in [-0.4, -0.2) is 68.3 Å². The largest absolute Gasteiger partial charge is 0.452 e. The van der Waals surface area contributed by atoms with Crippen molar-refractivity contribution in [2.24, 2.45) is 5.92 Å². The summed E-state index contributed by atoms with van der Waals surface area (Å²) in [6.07, 6.45) is 1.59. The van der Waals surface area contributed by atoms with E-state index < -0.39 is 34.5 Å². The number of sulfonamides is 1. The van der Waals surface area contributed by atoms with Gasteiger partial charge in [-0.3, -0.25) is 9.69 Å². The lowest BCUT2D eigenvalue weighted by molar-refractivity contribution is -0.130. The molecule has 1 N–H and O–H groups in total. The average molecular weight is 438 g/mol. The van der Waals surface area contributed by atoms with Gasteiger partial charge in [-0.1, -0.05) is 6.92 Å². The Bertz CT molecular complexity index is 967. The Labute approximate surface area is 176 Å². The van der Waals surface area contributed by atoms with Crippen LogP contribution >= 0.6 is 0 Å². The molecule has 3 rings (SSSR count). The molecule has 0 bridgehead atoms. The number of esters is 1. The average Bonchev–Trinajstić information content (AvgIpc) is 3.14. The van der Waals surface area contributed by atoms with E-state index in [-0.39, 0.29) is 17.0 Å². The van der Waals surface area contributed by atoms with Crippen molar-refractivity contribution in [3.63, 3.8) is 0 Å². The summed E-state index contributed by atoms with van der Waals surface area (Å²) in [5.74, 6) is -0.956. The van der Waals surface area contributed by atoms with Crippen molar-refractivity contribution in [2.45, 2.75) is 38.5 Å². The van der Waals surface area contributed by atoms with Gasteiger partial charge in [0.15, 0.2) is 6.61 Å². The number of piperidine rings is 1. The summed E-state index contributed by atoms with van der Waals surface area (Å²) in [6.45, 7) is 6.41. The van der Waals surface area contributed by atoms with Crippen LogP contribution in [0.2, 0.25) is 0 Å². The van der Waals surface area contributed by atoms with E-state index in [1.165, 1.54) is 10.4 Å². The number of rotatable bonds is 5. The molecule has 9 nitrogen and oxygen atoms in total. The predicted octanol–water partition coefficient (Wildman–Crippen LogP) is 1.43. The second kappa shape index (κ2) is 8.73. The fourth-order valence-corrected chi connectivity index (χ4v) is 5.37. The zero-order valence-electron chi connectivity index (χ0n) is 17.4. The predicted molar refractivity (Wildman–Crippen MR) is 108 cm³/mol. The van der Waals surface area contributed by atoms with Crippen molar-refractivity contribution >= 4 is 27.9 Å². The topological polar surface area (TPSA) is 113 Å². The van der Waals surface area contributed by atoms with Crippen molar-refractivity contribution < 1.29 is 27.5 Å². The zero-order valence-corrected chi connectivity index (χ0v) is 18.3. The molecule has 0 atom stereocenters. The van der Waals surface area contributed by atoms with Gasteiger partial charge >= 0.3 is 12.0 Å². The van der Waals surface area contributed by atoms with Crippen LogP contribution in [0.25, 0.3) is 0 Å². The first-order chi connectivity index (χ1) is 14.1. The third kappa shape index (κ3) is 4.49. The Morgan fingerprint density at radius 2 is 1.83 bits per heavy atom. The van der Waals surface area contributed by atoms with E-state index in [9.17, 15) is 22.8 Å². The third-order valence-electron chi connectivity index (χ3n) is 5.70. The van der Waals surface area contributed by atoms with Crippen molar-refractivity contribution in [3.8, 4) is 0 Å². The number of carbonyl (C=O) groups excluding carboxylic acids is 3. The van der Waals surface area contributed by atoms with E-state index in [0.717, 1.165) is 17.7 Å². The molecule has 0 spiro atoms. The summed E-state index contributed by atoms with van der Waals surface area (Å²) >= 11 is 0. The highest BCUT2D eigenvalue weighted by molar-refractivity contribution is 7.89. The Morgan fingerprint density at radius 1 is 1.17 bits per heavy atom. The Hall–Kier alpha value is -2.46.